The van der Waals surface area contributed by atoms with Gasteiger partial charge in [-0.2, -0.15) is 0 Å². The predicted molar refractivity (Wildman–Crippen MR) is 66.6 cm³/mol. The van der Waals surface area contributed by atoms with Gasteiger partial charge in [-0.3, -0.25) is 10.0 Å². The lowest BCUT2D eigenvalue weighted by molar-refractivity contribution is -0.155. The number of carbonyl (C=O) groups is 1. The number of thiol groups is 1. The maximum atomic E-state index is 11.4. The van der Waals surface area contributed by atoms with Crippen LogP contribution in [0.3, 0.4) is 0 Å². The number of nitrogens with one attached hydrogen (secondary N) is 1. The molecule has 1 atom stereocenters. The standard InChI is InChI=1S/C11H16N2O3S/c14-7-6-13(16)12-10(11(15)17)8-9-4-2-1-3-5-9/h1-5,10,12,14,16H,6-8H2,(H,15,17)/i16T. The van der Waals surface area contributed by atoms with Crippen molar-refractivity contribution in [3.05, 3.63) is 35.9 Å². The highest BCUT2D eigenvalue weighted by atomic mass is 32.1. The molecule has 94 valence electrons. The van der Waals surface area contributed by atoms with Crippen LogP contribution >= 0.6 is 12.6 Å². The zero-order chi connectivity index (χ0) is 13.4. The molecule has 0 fully saturated rings. The first-order valence-corrected chi connectivity index (χ1v) is 5.66. The fourth-order valence-electron chi connectivity index (χ4n) is 1.37. The highest BCUT2D eigenvalue weighted by Crippen LogP contribution is 2.05. The van der Waals surface area contributed by atoms with Crippen LogP contribution in [0.2, 0.25) is 1.43 Å². The van der Waals surface area contributed by atoms with Gasteiger partial charge in [-0.1, -0.05) is 30.3 Å². The van der Waals surface area contributed by atoms with Crippen LogP contribution in [0.4, 0.5) is 0 Å². The molecular formula is C11H16N2O3S. The Bertz CT molecular complexity index is 367. The molecule has 0 aliphatic rings. The second-order valence-electron chi connectivity index (χ2n) is 3.54. The molecule has 0 bridgehead atoms. The molecule has 1 aromatic carbocycles. The van der Waals surface area contributed by atoms with Crippen molar-refractivity contribution in [2.45, 2.75) is 12.5 Å². The van der Waals surface area contributed by atoms with Gasteiger partial charge in [-0.25, -0.2) is 5.43 Å². The van der Waals surface area contributed by atoms with E-state index in [2.05, 4.69) is 23.3 Å². The summed E-state index contributed by atoms with van der Waals surface area (Å²) < 4.78 is 6.79. The van der Waals surface area contributed by atoms with Gasteiger partial charge in [0.1, 0.15) is 0 Å². The van der Waals surface area contributed by atoms with E-state index in [1.165, 1.54) is 0 Å². The van der Waals surface area contributed by atoms with Crippen LogP contribution in [0.15, 0.2) is 30.3 Å². The third kappa shape index (κ3) is 5.29. The van der Waals surface area contributed by atoms with Crippen molar-refractivity contribution < 1.29 is 16.5 Å². The second-order valence-corrected chi connectivity index (χ2v) is 3.98. The molecule has 1 rings (SSSR count). The third-order valence-electron chi connectivity index (χ3n) is 2.18. The Balaban J connectivity index is 2.62. The lowest BCUT2D eigenvalue weighted by Gasteiger charge is -2.21. The summed E-state index contributed by atoms with van der Waals surface area (Å²) in [4.78, 5) is 11.4. The molecule has 5 nitrogen and oxygen atoms in total. The number of hydrogen-bond donors (Lipinski definition) is 4. The molecule has 0 spiro atoms. The van der Waals surface area contributed by atoms with Crippen molar-refractivity contribution in [1.82, 2.24) is 10.6 Å². The number of hydroxylamine groups is 1. The van der Waals surface area contributed by atoms with Gasteiger partial charge in [0.25, 0.3) is 0 Å². The Labute approximate surface area is 107 Å². The topological polar surface area (TPSA) is 72.8 Å². The van der Waals surface area contributed by atoms with Crippen molar-refractivity contribution in [2.24, 2.45) is 0 Å². The number of rotatable bonds is 8. The van der Waals surface area contributed by atoms with E-state index in [0.717, 1.165) is 10.7 Å². The minimum Gasteiger partial charge on any atom is -0.395 e. The maximum Gasteiger partial charge on any atom is 0.240 e. The number of nitrogens with zero attached hydrogens (tertiary/aromatic N) is 1. The molecule has 0 heterocycles. The van der Waals surface area contributed by atoms with E-state index in [9.17, 15) is 4.79 Å². The number of aliphatic hydroxyl groups excluding tert-OH is 1. The predicted octanol–water partition coefficient (Wildman–Crippen LogP) is 0.242. The van der Waals surface area contributed by atoms with E-state index in [0.29, 0.717) is 6.42 Å². The van der Waals surface area contributed by atoms with E-state index in [1.54, 1.807) is 0 Å². The summed E-state index contributed by atoms with van der Waals surface area (Å²) in [7, 11) is 0. The molecule has 3 N–H and O–H groups in total. The molecule has 0 amide bonds. The average molecular weight is 258 g/mol. The normalized spacial score (nSPS) is 13.5. The highest BCUT2D eigenvalue weighted by molar-refractivity contribution is 7.96. The van der Waals surface area contributed by atoms with E-state index < -0.39 is 6.04 Å². The number of aliphatic hydroxyl groups is 1. The van der Waals surface area contributed by atoms with Crippen LogP contribution in [0.1, 0.15) is 5.56 Å². The number of benzene rings is 1. The molecule has 1 aromatic rings. The average Bonchev–Trinajstić information content (AvgIpc) is 2.38. The van der Waals surface area contributed by atoms with Gasteiger partial charge in [-0.15, -0.1) is 17.8 Å². The lowest BCUT2D eigenvalue weighted by Crippen LogP contribution is -2.47. The van der Waals surface area contributed by atoms with Crippen LogP contribution in [0.25, 0.3) is 0 Å². The van der Waals surface area contributed by atoms with Gasteiger partial charge in [-0.05, 0) is 12.0 Å². The van der Waals surface area contributed by atoms with Crippen molar-refractivity contribution in [3.63, 3.8) is 0 Å². The summed E-state index contributed by atoms with van der Waals surface area (Å²) in [6.07, 6.45) is 0.425. The minimum absolute atomic E-state index is 0.0792. The quantitative estimate of drug-likeness (QED) is 0.397. The first-order valence-electron chi connectivity index (χ1n) is 5.62. The van der Waals surface area contributed by atoms with Crippen LogP contribution in [-0.2, 0) is 11.2 Å². The summed E-state index contributed by atoms with van der Waals surface area (Å²) in [6.45, 7) is -0.111. The van der Waals surface area contributed by atoms with E-state index in [1.807, 2.05) is 30.3 Å². The monoisotopic (exact) mass is 258 g/mol. The summed E-state index contributed by atoms with van der Waals surface area (Å²) in [5.74, 6) is 0. The van der Waals surface area contributed by atoms with Gasteiger partial charge in [0.05, 0.1) is 19.2 Å². The fraction of sp³-hybridized carbons (Fsp3) is 0.364. The number of hydrogen-bond acceptors (Lipinski definition) is 5. The molecule has 1 unspecified atom stereocenters. The second kappa shape index (κ2) is 7.41. The molecule has 0 aliphatic heterocycles. The number of carbonyl (C=O) groups excluding carboxylic acids is 1. The maximum absolute atomic E-state index is 11.4. The molecular weight excluding hydrogens is 240 g/mol. The van der Waals surface area contributed by atoms with Gasteiger partial charge in [0, 0.05) is 0 Å². The van der Waals surface area contributed by atoms with Gasteiger partial charge in [0.15, 0.2) is 0 Å². The summed E-state index contributed by atoms with van der Waals surface area (Å²) in [5, 5.41) is 13.6. The van der Waals surface area contributed by atoms with Crippen molar-refractivity contribution in [3.8, 4) is 0 Å². The molecule has 17 heavy (non-hydrogen) atoms. The van der Waals surface area contributed by atoms with Gasteiger partial charge in [0.2, 0.25) is 6.55 Å². The largest absolute Gasteiger partial charge is 0.395 e. The molecule has 0 aliphatic carbocycles. The summed E-state index contributed by atoms with van der Waals surface area (Å²) in [5.41, 5.74) is 3.65. The Morgan fingerprint density at radius 2 is 2.24 bits per heavy atom. The zero-order valence-electron chi connectivity index (χ0n) is 10.2. The molecule has 0 saturated heterocycles. The third-order valence-corrected chi connectivity index (χ3v) is 2.50. The fourth-order valence-corrected chi connectivity index (χ4v) is 1.52. The van der Waals surface area contributed by atoms with Crippen molar-refractivity contribution in [2.75, 3.05) is 13.2 Å². The molecule has 0 aromatic heterocycles. The Morgan fingerprint density at radius 3 is 2.76 bits per heavy atom. The van der Waals surface area contributed by atoms with E-state index in [4.69, 9.17) is 6.54 Å². The summed E-state index contributed by atoms with van der Waals surface area (Å²) in [6, 6.07) is 8.81. The van der Waals surface area contributed by atoms with Crippen LogP contribution in [0, 0.1) is 0 Å². The van der Waals surface area contributed by atoms with E-state index >= 15 is 0 Å². The first kappa shape index (κ1) is 12.5. The van der Waals surface area contributed by atoms with Gasteiger partial charge < -0.3 is 5.11 Å². The molecule has 0 radical (unpaired) electrons. The van der Waals surface area contributed by atoms with Crippen LogP contribution < -0.4 is 5.43 Å². The van der Waals surface area contributed by atoms with Crippen molar-refractivity contribution in [1.29, 1.82) is 0 Å². The highest BCUT2D eigenvalue weighted by Gasteiger charge is 2.17. The van der Waals surface area contributed by atoms with Crippen molar-refractivity contribution >= 4 is 17.7 Å². The SMILES string of the molecule is [3H]ON(CCO)NC(Cc1ccccc1)C(=O)S. The molecule has 0 saturated carbocycles. The first-order chi connectivity index (χ1) is 8.67. The Kier molecular flexibility index (Phi) is 5.47. The lowest BCUT2D eigenvalue weighted by atomic mass is 10.1. The smallest absolute Gasteiger partial charge is 0.240 e. The number of hydrazine groups is 1. The zero-order valence-corrected chi connectivity index (χ0v) is 10.1. The van der Waals surface area contributed by atoms with Crippen LogP contribution in [0.5, 0.6) is 0 Å². The minimum atomic E-state index is -0.618. The van der Waals surface area contributed by atoms with Gasteiger partial charge >= 0.3 is 0 Å². The van der Waals surface area contributed by atoms with Crippen LogP contribution in [-0.4, -0.2) is 39.8 Å². The Morgan fingerprint density at radius 1 is 1.53 bits per heavy atom. The van der Waals surface area contributed by atoms with E-state index in [-0.39, 0.29) is 18.3 Å². The summed E-state index contributed by atoms with van der Waals surface area (Å²) >= 11 is 3.80. The molecule has 6 heteroatoms. The Hall–Kier alpha value is -0.920.